The minimum absolute atomic E-state index is 0.309. The van der Waals surface area contributed by atoms with E-state index < -0.39 is 46.6 Å². The highest BCUT2D eigenvalue weighted by atomic mass is 16.2. The van der Waals surface area contributed by atoms with E-state index in [4.69, 9.17) is 5.73 Å². The number of amides is 3. The molecule has 1 aliphatic heterocycles. The van der Waals surface area contributed by atoms with E-state index in [9.17, 15) is 24.0 Å². The van der Waals surface area contributed by atoms with E-state index in [1.54, 1.807) is 12.1 Å². The largest absolute Gasteiger partial charge is 0.384 e. The molecule has 0 bridgehead atoms. The Labute approximate surface area is 164 Å². The molecule has 1 spiro atoms. The number of aryl methyl sites for hydroxylation is 1. The van der Waals surface area contributed by atoms with Crippen LogP contribution in [0.2, 0.25) is 0 Å². The number of nitrogens with two attached hydrogens (primary N) is 1. The van der Waals surface area contributed by atoms with Crippen molar-refractivity contribution >= 4 is 23.5 Å². The van der Waals surface area contributed by atoms with Crippen LogP contribution in [0.3, 0.4) is 0 Å². The summed E-state index contributed by atoms with van der Waals surface area (Å²) >= 11 is 0. The van der Waals surface area contributed by atoms with Crippen LogP contribution >= 0.6 is 0 Å². The highest BCUT2D eigenvalue weighted by molar-refractivity contribution is 6.12. The summed E-state index contributed by atoms with van der Waals surface area (Å²) in [4.78, 5) is 63.6. The summed E-state index contributed by atoms with van der Waals surface area (Å²) in [6.07, 6.45) is 1.02. The van der Waals surface area contributed by atoms with Crippen molar-refractivity contribution in [2.75, 3.05) is 12.3 Å². The van der Waals surface area contributed by atoms with Crippen molar-refractivity contribution in [3.63, 3.8) is 0 Å². The number of carbonyl (C=O) groups is 3. The minimum atomic E-state index is -1.20. The van der Waals surface area contributed by atoms with Gasteiger partial charge >= 0.3 is 11.7 Å². The summed E-state index contributed by atoms with van der Waals surface area (Å²) in [7, 11) is 2.55. The second-order valence-electron chi connectivity index (χ2n) is 7.27. The second-order valence-corrected chi connectivity index (χ2v) is 7.27. The molecule has 1 aromatic carbocycles. The lowest BCUT2D eigenvalue weighted by Crippen LogP contribution is -2.45. The van der Waals surface area contributed by atoms with Gasteiger partial charge < -0.3 is 11.1 Å². The second kappa shape index (κ2) is 6.16. The first-order chi connectivity index (χ1) is 13.7. The fraction of sp³-hybridized carbons (Fsp3) is 0.316. The first-order valence-electron chi connectivity index (χ1n) is 9.00. The number of fused-ring (bicyclic) bond motifs is 2. The van der Waals surface area contributed by atoms with E-state index in [-0.39, 0.29) is 5.82 Å². The SMILES string of the molecule is Cn1c(N)c(C(=O)CN2C(=O)NC3(CCc4ccccc43)C2=O)c(=O)n(C)c1=O. The summed E-state index contributed by atoms with van der Waals surface area (Å²) in [5.74, 6) is -1.66. The maximum Gasteiger partial charge on any atom is 0.332 e. The summed E-state index contributed by atoms with van der Waals surface area (Å²) < 4.78 is 1.72. The summed E-state index contributed by atoms with van der Waals surface area (Å²) in [5.41, 5.74) is 4.30. The predicted octanol–water partition coefficient (Wildman–Crippen LogP) is -0.758. The molecule has 1 aromatic heterocycles. The lowest BCUT2D eigenvalue weighted by atomic mass is 9.92. The van der Waals surface area contributed by atoms with E-state index in [0.29, 0.717) is 18.4 Å². The fourth-order valence-electron chi connectivity index (χ4n) is 4.08. The molecular weight excluding hydrogens is 378 g/mol. The van der Waals surface area contributed by atoms with E-state index in [1.165, 1.54) is 14.1 Å². The molecule has 1 fully saturated rings. The van der Waals surface area contributed by atoms with Gasteiger partial charge in [0.05, 0.1) is 6.54 Å². The van der Waals surface area contributed by atoms with Gasteiger partial charge in [0.15, 0.2) is 5.78 Å². The molecule has 10 heteroatoms. The van der Waals surface area contributed by atoms with Crippen molar-refractivity contribution in [1.82, 2.24) is 19.4 Å². The van der Waals surface area contributed by atoms with Crippen molar-refractivity contribution in [3.8, 4) is 0 Å². The number of carbonyl (C=O) groups excluding carboxylic acids is 3. The lowest BCUT2D eigenvalue weighted by molar-refractivity contribution is -0.131. The molecule has 150 valence electrons. The maximum atomic E-state index is 13.1. The smallest absolute Gasteiger partial charge is 0.332 e. The molecule has 10 nitrogen and oxygen atoms in total. The Balaban J connectivity index is 1.70. The van der Waals surface area contributed by atoms with Crippen LogP contribution < -0.4 is 22.3 Å². The highest BCUT2D eigenvalue weighted by Crippen LogP contribution is 2.41. The summed E-state index contributed by atoms with van der Waals surface area (Å²) in [6.45, 7) is -0.647. The van der Waals surface area contributed by atoms with Crippen molar-refractivity contribution in [1.29, 1.82) is 0 Å². The van der Waals surface area contributed by atoms with Gasteiger partial charge in [-0.2, -0.15) is 0 Å². The lowest BCUT2D eigenvalue weighted by Gasteiger charge is -2.22. The van der Waals surface area contributed by atoms with E-state index >= 15 is 0 Å². The molecule has 1 saturated heterocycles. The Hall–Kier alpha value is -3.69. The van der Waals surface area contributed by atoms with Crippen LogP contribution in [0.5, 0.6) is 0 Å². The van der Waals surface area contributed by atoms with Gasteiger partial charge in [0.2, 0.25) is 0 Å². The number of Topliss-reactive ketones (excluding diaryl/α,β-unsaturated/α-hetero) is 1. The zero-order valence-electron chi connectivity index (χ0n) is 15.9. The van der Waals surface area contributed by atoms with Gasteiger partial charge in [-0.25, -0.2) is 9.59 Å². The number of rotatable bonds is 3. The number of nitrogens with zero attached hydrogens (tertiary/aromatic N) is 3. The molecule has 2 aliphatic rings. The van der Waals surface area contributed by atoms with Crippen molar-refractivity contribution in [2.24, 2.45) is 14.1 Å². The predicted molar refractivity (Wildman–Crippen MR) is 102 cm³/mol. The Kier molecular flexibility index (Phi) is 3.96. The van der Waals surface area contributed by atoms with E-state index in [0.717, 1.165) is 19.6 Å². The fourth-order valence-corrected chi connectivity index (χ4v) is 4.08. The zero-order chi connectivity index (χ0) is 21.1. The molecule has 29 heavy (non-hydrogen) atoms. The van der Waals surface area contributed by atoms with Gasteiger partial charge in [-0.05, 0) is 24.0 Å². The number of ketones is 1. The van der Waals surface area contributed by atoms with Gasteiger partial charge in [-0.1, -0.05) is 24.3 Å². The van der Waals surface area contributed by atoms with Gasteiger partial charge in [0.25, 0.3) is 11.5 Å². The molecule has 3 N–H and O–H groups in total. The number of benzene rings is 1. The Morgan fingerprint density at radius 3 is 2.55 bits per heavy atom. The molecule has 1 atom stereocenters. The number of nitrogen functional groups attached to an aromatic ring is 1. The number of imide groups is 1. The molecule has 2 aromatic rings. The highest BCUT2D eigenvalue weighted by Gasteiger charge is 2.55. The number of urea groups is 1. The number of nitrogens with one attached hydrogen (secondary N) is 1. The number of anilines is 1. The molecule has 0 saturated carbocycles. The summed E-state index contributed by atoms with van der Waals surface area (Å²) in [5, 5.41) is 2.72. The third-order valence-corrected chi connectivity index (χ3v) is 5.71. The van der Waals surface area contributed by atoms with Crippen LogP contribution in [-0.2, 0) is 30.8 Å². The Morgan fingerprint density at radius 1 is 1.14 bits per heavy atom. The molecule has 1 unspecified atom stereocenters. The standard InChI is InChI=1S/C19H19N5O5/c1-22-14(20)13(15(26)23(2)18(22)29)12(25)9-24-16(27)19(21-17(24)28)8-7-10-5-3-4-6-11(10)19/h3-6H,7-9,20H2,1-2H3,(H,21,28). The third kappa shape index (κ3) is 2.45. The summed E-state index contributed by atoms with van der Waals surface area (Å²) in [6, 6.07) is 6.62. The first-order valence-corrected chi connectivity index (χ1v) is 9.00. The Morgan fingerprint density at radius 2 is 1.83 bits per heavy atom. The van der Waals surface area contributed by atoms with Crippen LogP contribution in [0.25, 0.3) is 0 Å². The van der Waals surface area contributed by atoms with Crippen LogP contribution in [0.15, 0.2) is 33.9 Å². The first kappa shape index (κ1) is 18.7. The van der Waals surface area contributed by atoms with Crippen molar-refractivity contribution in [2.45, 2.75) is 18.4 Å². The van der Waals surface area contributed by atoms with Crippen molar-refractivity contribution < 1.29 is 14.4 Å². The topological polar surface area (TPSA) is 136 Å². The minimum Gasteiger partial charge on any atom is -0.384 e. The average Bonchev–Trinajstić information content (AvgIpc) is 3.18. The molecule has 0 radical (unpaired) electrons. The van der Waals surface area contributed by atoms with E-state index in [2.05, 4.69) is 5.32 Å². The molecule has 2 heterocycles. The van der Waals surface area contributed by atoms with Crippen LogP contribution in [0.1, 0.15) is 27.9 Å². The van der Waals surface area contributed by atoms with Gasteiger partial charge in [0.1, 0.15) is 16.9 Å². The van der Waals surface area contributed by atoms with Gasteiger partial charge in [0, 0.05) is 14.1 Å². The number of hydrogen-bond acceptors (Lipinski definition) is 6. The Bertz CT molecular complexity index is 1210. The van der Waals surface area contributed by atoms with Gasteiger partial charge in [-0.3, -0.25) is 28.4 Å². The van der Waals surface area contributed by atoms with Crippen LogP contribution in [-0.4, -0.2) is 38.3 Å². The molecule has 3 amide bonds. The molecular formula is C19H19N5O5. The van der Waals surface area contributed by atoms with Crippen LogP contribution in [0.4, 0.5) is 10.6 Å². The zero-order valence-corrected chi connectivity index (χ0v) is 15.9. The van der Waals surface area contributed by atoms with Crippen molar-refractivity contribution in [3.05, 3.63) is 61.8 Å². The number of hydrogen-bond donors (Lipinski definition) is 2. The molecule has 1 aliphatic carbocycles. The average molecular weight is 397 g/mol. The molecule has 4 rings (SSSR count). The normalized spacial score (nSPS) is 20.3. The van der Waals surface area contributed by atoms with Gasteiger partial charge in [-0.15, -0.1) is 0 Å². The third-order valence-electron chi connectivity index (χ3n) is 5.71. The number of aromatic nitrogens is 2. The maximum absolute atomic E-state index is 13.1. The van der Waals surface area contributed by atoms with E-state index in [1.807, 2.05) is 12.1 Å². The monoisotopic (exact) mass is 397 g/mol. The van der Waals surface area contributed by atoms with Crippen LogP contribution in [0, 0.1) is 0 Å². The quantitative estimate of drug-likeness (QED) is 0.516.